The zero-order valence-corrected chi connectivity index (χ0v) is 18.6. The molecule has 4 rings (SSSR count). The summed E-state index contributed by atoms with van der Waals surface area (Å²) in [7, 11) is 3.73. The van der Waals surface area contributed by atoms with Gasteiger partial charge in [0.2, 0.25) is 11.8 Å². The van der Waals surface area contributed by atoms with Crippen molar-refractivity contribution in [2.75, 3.05) is 40.3 Å². The lowest BCUT2D eigenvalue weighted by Gasteiger charge is -2.31. The highest BCUT2D eigenvalue weighted by Gasteiger charge is 2.56. The molecule has 31 heavy (non-hydrogen) atoms. The number of aliphatic imine (C=N–C) groups is 1. The lowest BCUT2D eigenvalue weighted by atomic mass is 9.98. The summed E-state index contributed by atoms with van der Waals surface area (Å²) in [6.07, 6.45) is 6.98. The second kappa shape index (κ2) is 9.14. The summed E-state index contributed by atoms with van der Waals surface area (Å²) < 4.78 is 5.80. The SMILES string of the molecule is C/N=C\C(CC1CCNC1=O)NC(=O)C1CC2(CC2)CN1C(=O)OC1CCN(C)CC1. The van der Waals surface area contributed by atoms with Crippen molar-refractivity contribution in [1.29, 1.82) is 0 Å². The van der Waals surface area contributed by atoms with Crippen molar-refractivity contribution < 1.29 is 19.1 Å². The van der Waals surface area contributed by atoms with E-state index < -0.39 is 6.04 Å². The van der Waals surface area contributed by atoms with Crippen LogP contribution >= 0.6 is 0 Å². The maximum Gasteiger partial charge on any atom is 0.410 e. The first kappa shape index (κ1) is 22.0. The first-order chi connectivity index (χ1) is 14.9. The summed E-state index contributed by atoms with van der Waals surface area (Å²) in [6, 6.07) is -0.847. The van der Waals surface area contributed by atoms with Gasteiger partial charge in [-0.2, -0.15) is 0 Å². The molecule has 172 valence electrons. The molecule has 1 aliphatic carbocycles. The van der Waals surface area contributed by atoms with Crippen LogP contribution in [-0.2, 0) is 14.3 Å². The van der Waals surface area contributed by atoms with E-state index in [1.807, 2.05) is 0 Å². The Morgan fingerprint density at radius 2 is 2.06 bits per heavy atom. The van der Waals surface area contributed by atoms with Gasteiger partial charge in [-0.05, 0) is 57.4 Å². The zero-order chi connectivity index (χ0) is 22.0. The zero-order valence-electron chi connectivity index (χ0n) is 18.6. The Kier molecular flexibility index (Phi) is 6.50. The Morgan fingerprint density at radius 3 is 2.68 bits per heavy atom. The van der Waals surface area contributed by atoms with Crippen LogP contribution < -0.4 is 10.6 Å². The van der Waals surface area contributed by atoms with Gasteiger partial charge in [0.25, 0.3) is 0 Å². The van der Waals surface area contributed by atoms with Crippen LogP contribution in [-0.4, -0.2) is 92.4 Å². The Hall–Kier alpha value is -2.16. The monoisotopic (exact) mass is 433 g/mol. The first-order valence-corrected chi connectivity index (χ1v) is 11.6. The van der Waals surface area contributed by atoms with E-state index in [-0.39, 0.29) is 41.4 Å². The van der Waals surface area contributed by atoms with Crippen LogP contribution in [0.4, 0.5) is 4.79 Å². The van der Waals surface area contributed by atoms with E-state index in [1.165, 1.54) is 0 Å². The fourth-order valence-electron chi connectivity index (χ4n) is 5.13. The van der Waals surface area contributed by atoms with Gasteiger partial charge in [-0.3, -0.25) is 19.5 Å². The largest absolute Gasteiger partial charge is 0.446 e. The number of ether oxygens (including phenoxy) is 1. The molecule has 0 radical (unpaired) electrons. The number of amides is 3. The third-order valence-electron chi connectivity index (χ3n) is 7.29. The predicted molar refractivity (Wildman–Crippen MR) is 116 cm³/mol. The van der Waals surface area contributed by atoms with Crippen LogP contribution in [0, 0.1) is 11.3 Å². The summed E-state index contributed by atoms with van der Waals surface area (Å²) in [5.74, 6) is -0.260. The van der Waals surface area contributed by atoms with Crippen molar-refractivity contribution in [2.45, 2.75) is 63.1 Å². The molecule has 0 aromatic carbocycles. The van der Waals surface area contributed by atoms with Gasteiger partial charge < -0.3 is 20.3 Å². The van der Waals surface area contributed by atoms with Crippen molar-refractivity contribution >= 4 is 24.1 Å². The van der Waals surface area contributed by atoms with Gasteiger partial charge in [0, 0.05) is 45.4 Å². The molecule has 9 nitrogen and oxygen atoms in total. The van der Waals surface area contributed by atoms with E-state index in [4.69, 9.17) is 4.74 Å². The number of nitrogens with one attached hydrogen (secondary N) is 2. The molecule has 1 saturated carbocycles. The fourth-order valence-corrected chi connectivity index (χ4v) is 5.13. The predicted octanol–water partition coefficient (Wildman–Crippen LogP) is 0.783. The molecule has 3 amide bonds. The molecule has 4 aliphatic rings. The van der Waals surface area contributed by atoms with E-state index in [0.717, 1.165) is 45.2 Å². The minimum absolute atomic E-state index is 0.0323. The first-order valence-electron chi connectivity index (χ1n) is 11.6. The summed E-state index contributed by atoms with van der Waals surface area (Å²) in [4.78, 5) is 46.1. The van der Waals surface area contributed by atoms with Crippen molar-refractivity contribution in [3.63, 3.8) is 0 Å². The van der Waals surface area contributed by atoms with E-state index in [0.29, 0.717) is 25.9 Å². The highest BCUT2D eigenvalue weighted by Crippen LogP contribution is 2.55. The Balaban J connectivity index is 1.38. The lowest BCUT2D eigenvalue weighted by molar-refractivity contribution is -0.126. The van der Waals surface area contributed by atoms with Gasteiger partial charge in [-0.25, -0.2) is 4.79 Å². The molecule has 3 heterocycles. The van der Waals surface area contributed by atoms with Gasteiger partial charge in [-0.1, -0.05) is 0 Å². The third kappa shape index (κ3) is 5.19. The molecule has 1 spiro atoms. The number of hydrogen-bond donors (Lipinski definition) is 2. The molecule has 9 heteroatoms. The van der Waals surface area contributed by atoms with Crippen LogP contribution in [0.15, 0.2) is 4.99 Å². The van der Waals surface area contributed by atoms with Gasteiger partial charge in [0.1, 0.15) is 12.1 Å². The number of carbonyl (C=O) groups is 3. The molecular formula is C22H35N5O4. The molecule has 4 fully saturated rings. The van der Waals surface area contributed by atoms with Crippen LogP contribution in [0.5, 0.6) is 0 Å². The Morgan fingerprint density at radius 1 is 1.32 bits per heavy atom. The number of rotatable bonds is 6. The molecule has 3 aliphatic heterocycles. The summed E-state index contributed by atoms with van der Waals surface area (Å²) in [6.45, 7) is 3.10. The minimum Gasteiger partial charge on any atom is -0.446 e. The minimum atomic E-state index is -0.522. The lowest BCUT2D eigenvalue weighted by Crippen LogP contribution is -2.50. The number of hydrogen-bond acceptors (Lipinski definition) is 6. The maximum atomic E-state index is 13.2. The van der Waals surface area contributed by atoms with Gasteiger partial charge >= 0.3 is 6.09 Å². The normalized spacial score (nSPS) is 29.4. The van der Waals surface area contributed by atoms with Crippen molar-refractivity contribution in [3.05, 3.63) is 0 Å². The Labute approximate surface area is 183 Å². The van der Waals surface area contributed by atoms with Gasteiger partial charge in [-0.15, -0.1) is 0 Å². The van der Waals surface area contributed by atoms with Crippen LogP contribution in [0.25, 0.3) is 0 Å². The van der Waals surface area contributed by atoms with Crippen LogP contribution in [0.2, 0.25) is 0 Å². The topological polar surface area (TPSA) is 103 Å². The average molecular weight is 434 g/mol. The molecule has 0 aromatic heterocycles. The summed E-state index contributed by atoms with van der Waals surface area (Å²) >= 11 is 0. The molecule has 3 atom stereocenters. The number of nitrogens with zero attached hydrogens (tertiary/aromatic N) is 3. The average Bonchev–Trinajstić information content (AvgIpc) is 3.19. The second-order valence-electron chi connectivity index (χ2n) is 9.77. The summed E-state index contributed by atoms with van der Waals surface area (Å²) in [5.41, 5.74) is 0.0769. The number of carbonyl (C=O) groups excluding carboxylic acids is 3. The van der Waals surface area contributed by atoms with Crippen LogP contribution in [0.1, 0.15) is 44.9 Å². The highest BCUT2D eigenvalue weighted by molar-refractivity contribution is 5.89. The van der Waals surface area contributed by atoms with E-state index in [9.17, 15) is 14.4 Å². The van der Waals surface area contributed by atoms with Gasteiger partial charge in [0.15, 0.2) is 0 Å². The molecule has 0 aromatic rings. The summed E-state index contributed by atoms with van der Waals surface area (Å²) in [5, 5.41) is 5.88. The molecule has 0 bridgehead atoms. The molecule has 2 N–H and O–H groups in total. The number of piperidine rings is 1. The second-order valence-corrected chi connectivity index (χ2v) is 9.77. The smallest absolute Gasteiger partial charge is 0.410 e. The Bertz CT molecular complexity index is 729. The highest BCUT2D eigenvalue weighted by atomic mass is 16.6. The third-order valence-corrected chi connectivity index (χ3v) is 7.29. The van der Waals surface area contributed by atoms with Gasteiger partial charge in [0.05, 0.1) is 6.04 Å². The van der Waals surface area contributed by atoms with E-state index >= 15 is 0 Å². The van der Waals surface area contributed by atoms with E-state index in [2.05, 4.69) is 27.6 Å². The van der Waals surface area contributed by atoms with E-state index in [1.54, 1.807) is 18.2 Å². The quantitative estimate of drug-likeness (QED) is 0.603. The molecule has 3 saturated heterocycles. The standard InChI is InChI=1S/C22H35N5O4/c1-23-13-16(11-15-3-8-24-19(15)28)25-20(29)18-12-22(6-7-22)14-27(18)21(30)31-17-4-9-26(2)10-5-17/h13,15-18H,3-12,14H2,1-2H3,(H,24,28)(H,25,29)/b23-13-. The maximum absolute atomic E-state index is 13.2. The van der Waals surface area contributed by atoms with Crippen molar-refractivity contribution in [2.24, 2.45) is 16.3 Å². The molecular weight excluding hydrogens is 398 g/mol. The van der Waals surface area contributed by atoms with Crippen molar-refractivity contribution in [1.82, 2.24) is 20.4 Å². The number of likely N-dealkylation sites (tertiary alicyclic amines) is 2. The fraction of sp³-hybridized carbons (Fsp3) is 0.818. The molecule has 3 unspecified atom stereocenters. The van der Waals surface area contributed by atoms with Crippen LogP contribution in [0.3, 0.4) is 0 Å². The van der Waals surface area contributed by atoms with Crippen molar-refractivity contribution in [3.8, 4) is 0 Å².